The molecule has 0 saturated carbocycles. The van der Waals surface area contributed by atoms with Crippen LogP contribution in [0.15, 0.2) is 55.1 Å². The summed E-state index contributed by atoms with van der Waals surface area (Å²) in [4.78, 5) is 0. The number of nitrogens with one attached hydrogen (secondary N) is 1. The zero-order valence-corrected chi connectivity index (χ0v) is 7.03. The molecule has 0 unspecified atom stereocenters. The van der Waals surface area contributed by atoms with E-state index in [2.05, 4.69) is 11.9 Å². The van der Waals surface area contributed by atoms with Crippen molar-refractivity contribution in [2.24, 2.45) is 0 Å². The molecule has 0 radical (unpaired) electrons. The molecule has 0 aliphatic rings. The highest BCUT2D eigenvalue weighted by Crippen LogP contribution is 2.03. The highest BCUT2D eigenvalue weighted by Gasteiger charge is 1.83. The number of allylic oxidation sites excluding steroid dienone is 2. The van der Waals surface area contributed by atoms with Gasteiger partial charge in [-0.1, -0.05) is 43.0 Å². The van der Waals surface area contributed by atoms with Gasteiger partial charge in [-0.3, -0.25) is 0 Å². The molecule has 0 heterocycles. The molecule has 0 fully saturated rings. The highest BCUT2D eigenvalue weighted by atomic mass is 14.8. The van der Waals surface area contributed by atoms with Crippen LogP contribution in [0.3, 0.4) is 0 Å². The number of anilines is 1. The molecule has 1 aromatic rings. The molecule has 0 aromatic heterocycles. The Hall–Kier alpha value is -1.50. The van der Waals surface area contributed by atoms with Gasteiger partial charge in [-0.25, -0.2) is 0 Å². The summed E-state index contributed by atoms with van der Waals surface area (Å²) >= 11 is 0. The predicted octanol–water partition coefficient (Wildman–Crippen LogP) is 2.84. The molecule has 0 atom stereocenters. The summed E-state index contributed by atoms with van der Waals surface area (Å²) in [7, 11) is 0. The second-order valence-corrected chi connectivity index (χ2v) is 2.41. The van der Waals surface area contributed by atoms with Gasteiger partial charge in [0.15, 0.2) is 0 Å². The average molecular weight is 159 g/mol. The van der Waals surface area contributed by atoms with Gasteiger partial charge in [0.25, 0.3) is 0 Å². The minimum Gasteiger partial charge on any atom is -0.382 e. The van der Waals surface area contributed by atoms with Crippen LogP contribution in [0.1, 0.15) is 0 Å². The highest BCUT2D eigenvalue weighted by molar-refractivity contribution is 5.42. The summed E-state index contributed by atoms with van der Waals surface area (Å²) in [6.45, 7) is 4.43. The average Bonchev–Trinajstić information content (AvgIpc) is 2.14. The van der Waals surface area contributed by atoms with Crippen molar-refractivity contribution in [2.45, 2.75) is 0 Å². The number of rotatable bonds is 4. The number of hydrogen-bond donors (Lipinski definition) is 1. The molecule has 0 bridgehead atoms. The van der Waals surface area contributed by atoms with Crippen LogP contribution in [0.2, 0.25) is 0 Å². The number of para-hydroxylation sites is 1. The van der Waals surface area contributed by atoms with Gasteiger partial charge in [-0.15, -0.1) is 0 Å². The van der Waals surface area contributed by atoms with E-state index >= 15 is 0 Å². The third-order valence-electron chi connectivity index (χ3n) is 1.47. The summed E-state index contributed by atoms with van der Waals surface area (Å²) < 4.78 is 0. The standard InChI is InChI=1S/C11H13N/c1-2-3-7-10-12-11-8-5-4-6-9-11/h2-9,12H,1,10H2/b7-3+. The van der Waals surface area contributed by atoms with E-state index in [1.165, 1.54) is 0 Å². The minimum absolute atomic E-state index is 0.843. The van der Waals surface area contributed by atoms with Crippen molar-refractivity contribution in [1.29, 1.82) is 0 Å². The van der Waals surface area contributed by atoms with Crippen molar-refractivity contribution < 1.29 is 0 Å². The first-order valence-electron chi connectivity index (χ1n) is 4.00. The summed E-state index contributed by atoms with van der Waals surface area (Å²) in [5.74, 6) is 0. The van der Waals surface area contributed by atoms with Crippen molar-refractivity contribution in [2.75, 3.05) is 11.9 Å². The summed E-state index contributed by atoms with van der Waals surface area (Å²) in [6, 6.07) is 10.1. The predicted molar refractivity (Wildman–Crippen MR) is 54.3 cm³/mol. The molecule has 62 valence electrons. The van der Waals surface area contributed by atoms with Gasteiger partial charge in [0.2, 0.25) is 0 Å². The Balaban J connectivity index is 2.33. The molecule has 1 N–H and O–H groups in total. The zero-order chi connectivity index (χ0) is 8.65. The first-order valence-corrected chi connectivity index (χ1v) is 4.00. The van der Waals surface area contributed by atoms with Gasteiger partial charge < -0.3 is 5.32 Å². The van der Waals surface area contributed by atoms with E-state index < -0.39 is 0 Å². The summed E-state index contributed by atoms with van der Waals surface area (Å²) in [5, 5.41) is 3.24. The van der Waals surface area contributed by atoms with E-state index in [9.17, 15) is 0 Å². The van der Waals surface area contributed by atoms with Crippen LogP contribution in [0.4, 0.5) is 5.69 Å². The van der Waals surface area contributed by atoms with E-state index in [4.69, 9.17) is 0 Å². The molecule has 0 aliphatic heterocycles. The van der Waals surface area contributed by atoms with Crippen LogP contribution >= 0.6 is 0 Å². The lowest BCUT2D eigenvalue weighted by Gasteiger charge is -2.00. The maximum absolute atomic E-state index is 3.59. The molecule has 0 aliphatic carbocycles. The monoisotopic (exact) mass is 159 g/mol. The van der Waals surface area contributed by atoms with Gasteiger partial charge >= 0.3 is 0 Å². The van der Waals surface area contributed by atoms with E-state index in [-0.39, 0.29) is 0 Å². The fraction of sp³-hybridized carbons (Fsp3) is 0.0909. The van der Waals surface area contributed by atoms with Crippen molar-refractivity contribution in [3.8, 4) is 0 Å². The SMILES string of the molecule is C=C/C=C/CNc1ccccc1. The van der Waals surface area contributed by atoms with Gasteiger partial charge in [0.1, 0.15) is 0 Å². The Kier molecular flexibility index (Phi) is 3.72. The Morgan fingerprint density at radius 2 is 2.00 bits per heavy atom. The summed E-state index contributed by atoms with van der Waals surface area (Å²) in [5.41, 5.74) is 1.14. The van der Waals surface area contributed by atoms with Crippen LogP contribution in [0, 0.1) is 0 Å². The number of hydrogen-bond acceptors (Lipinski definition) is 1. The normalized spacial score (nSPS) is 10.0. The van der Waals surface area contributed by atoms with Crippen LogP contribution in [-0.4, -0.2) is 6.54 Å². The first kappa shape index (κ1) is 8.60. The van der Waals surface area contributed by atoms with Crippen LogP contribution in [0.25, 0.3) is 0 Å². The topological polar surface area (TPSA) is 12.0 Å². The second-order valence-electron chi connectivity index (χ2n) is 2.41. The van der Waals surface area contributed by atoms with E-state index in [0.717, 1.165) is 12.2 Å². The molecule has 1 nitrogen and oxygen atoms in total. The fourth-order valence-corrected chi connectivity index (χ4v) is 0.897. The van der Waals surface area contributed by atoms with E-state index in [1.54, 1.807) is 6.08 Å². The van der Waals surface area contributed by atoms with Crippen LogP contribution in [0.5, 0.6) is 0 Å². The fourth-order valence-electron chi connectivity index (χ4n) is 0.897. The molecule has 0 amide bonds. The maximum atomic E-state index is 3.59. The van der Waals surface area contributed by atoms with Crippen molar-refractivity contribution >= 4 is 5.69 Å². The largest absolute Gasteiger partial charge is 0.382 e. The zero-order valence-electron chi connectivity index (χ0n) is 7.03. The minimum atomic E-state index is 0.843. The first-order chi connectivity index (χ1) is 5.93. The van der Waals surface area contributed by atoms with Crippen molar-refractivity contribution in [3.63, 3.8) is 0 Å². The Labute approximate surface area is 73.4 Å². The maximum Gasteiger partial charge on any atom is 0.0342 e. The third-order valence-corrected chi connectivity index (χ3v) is 1.47. The van der Waals surface area contributed by atoms with Gasteiger partial charge in [-0.2, -0.15) is 0 Å². The molecule has 12 heavy (non-hydrogen) atoms. The molecule has 0 saturated heterocycles. The van der Waals surface area contributed by atoms with E-state index in [0.29, 0.717) is 0 Å². The van der Waals surface area contributed by atoms with Crippen molar-refractivity contribution in [3.05, 3.63) is 55.1 Å². The molecular formula is C11H13N. The Morgan fingerprint density at radius 1 is 1.25 bits per heavy atom. The van der Waals surface area contributed by atoms with Crippen LogP contribution < -0.4 is 5.32 Å². The smallest absolute Gasteiger partial charge is 0.0342 e. The quantitative estimate of drug-likeness (QED) is 0.666. The molecule has 1 aromatic carbocycles. The third kappa shape index (κ3) is 3.06. The Morgan fingerprint density at radius 3 is 2.67 bits per heavy atom. The van der Waals surface area contributed by atoms with Crippen molar-refractivity contribution in [1.82, 2.24) is 0 Å². The molecule has 1 rings (SSSR count). The van der Waals surface area contributed by atoms with Gasteiger partial charge in [-0.05, 0) is 12.1 Å². The van der Waals surface area contributed by atoms with Gasteiger partial charge in [0.05, 0.1) is 0 Å². The lowest BCUT2D eigenvalue weighted by molar-refractivity contribution is 1.33. The second kappa shape index (κ2) is 5.19. The van der Waals surface area contributed by atoms with E-state index in [1.807, 2.05) is 42.5 Å². The summed E-state index contributed by atoms with van der Waals surface area (Å²) in [6.07, 6.45) is 5.72. The number of benzene rings is 1. The molecule has 0 spiro atoms. The molecular weight excluding hydrogens is 146 g/mol. The lowest BCUT2D eigenvalue weighted by Crippen LogP contribution is -1.96. The lowest BCUT2D eigenvalue weighted by atomic mass is 10.3. The van der Waals surface area contributed by atoms with Gasteiger partial charge in [0, 0.05) is 12.2 Å². The Bertz CT molecular complexity index is 249. The van der Waals surface area contributed by atoms with Crippen LogP contribution in [-0.2, 0) is 0 Å². The molecule has 1 heteroatoms.